The van der Waals surface area contributed by atoms with E-state index in [1.54, 1.807) is 0 Å². The molecule has 1 unspecified atom stereocenters. The molecule has 0 bridgehead atoms. The number of aromatic nitrogens is 4. The second kappa shape index (κ2) is 7.08. The van der Waals surface area contributed by atoms with E-state index in [2.05, 4.69) is 25.5 Å². The van der Waals surface area contributed by atoms with Crippen LogP contribution in [0.4, 0.5) is 0 Å². The number of benzene rings is 1. The molecule has 0 aliphatic heterocycles. The first kappa shape index (κ1) is 15.9. The molecule has 2 aromatic heterocycles. The number of nitrogens with one attached hydrogen (secondary N) is 2. The average Bonchev–Trinajstić information content (AvgIpc) is 3.24. The minimum atomic E-state index is -0.194. The van der Waals surface area contributed by atoms with E-state index < -0.39 is 0 Å². The van der Waals surface area contributed by atoms with Gasteiger partial charge in [-0.15, -0.1) is 0 Å². The molecule has 2 heterocycles. The predicted octanol–water partition coefficient (Wildman–Crippen LogP) is 2.58. The van der Waals surface area contributed by atoms with Gasteiger partial charge in [0, 0.05) is 5.56 Å². The molecule has 0 radical (unpaired) electrons. The van der Waals surface area contributed by atoms with Gasteiger partial charge in [-0.3, -0.25) is 9.89 Å². The summed E-state index contributed by atoms with van der Waals surface area (Å²) in [5.41, 5.74) is 1.53. The Hall–Kier alpha value is -2.96. The third kappa shape index (κ3) is 3.51. The van der Waals surface area contributed by atoms with Crippen molar-refractivity contribution < 1.29 is 9.21 Å². The van der Waals surface area contributed by atoms with E-state index in [1.165, 1.54) is 6.33 Å². The molecular weight excluding hydrogens is 306 g/mol. The van der Waals surface area contributed by atoms with Crippen molar-refractivity contribution in [1.29, 1.82) is 0 Å². The first-order valence-electron chi connectivity index (χ1n) is 7.83. The highest BCUT2D eigenvalue weighted by molar-refractivity contribution is 5.78. The predicted molar refractivity (Wildman–Crippen MR) is 87.9 cm³/mol. The maximum absolute atomic E-state index is 12.3. The van der Waals surface area contributed by atoms with Crippen LogP contribution < -0.4 is 5.32 Å². The van der Waals surface area contributed by atoms with Crippen molar-refractivity contribution in [3.8, 4) is 11.5 Å². The molecule has 3 aromatic rings. The molecule has 24 heavy (non-hydrogen) atoms. The Bertz CT molecular complexity index is 796. The zero-order chi connectivity index (χ0) is 16.9. The lowest BCUT2D eigenvalue weighted by molar-refractivity contribution is -0.121. The molecule has 124 valence electrons. The first-order valence-corrected chi connectivity index (χ1v) is 7.83. The quantitative estimate of drug-likeness (QED) is 0.726. The Labute approximate surface area is 139 Å². The zero-order valence-electron chi connectivity index (χ0n) is 13.6. The molecule has 0 aliphatic rings. The fourth-order valence-corrected chi connectivity index (χ4v) is 2.44. The van der Waals surface area contributed by atoms with Crippen molar-refractivity contribution in [1.82, 2.24) is 25.5 Å². The van der Waals surface area contributed by atoms with Crippen molar-refractivity contribution in [3.63, 3.8) is 0 Å². The SMILES string of the molecule is CCC(NC(=O)Cc1nc(-c2ccccc2)oc1C)c1ncn[nH]1. The fourth-order valence-electron chi connectivity index (χ4n) is 2.44. The first-order chi connectivity index (χ1) is 11.7. The lowest BCUT2D eigenvalue weighted by Gasteiger charge is -2.13. The number of aryl methyl sites for hydroxylation is 1. The third-order valence-corrected chi connectivity index (χ3v) is 3.75. The van der Waals surface area contributed by atoms with Gasteiger partial charge in [-0.2, -0.15) is 5.10 Å². The smallest absolute Gasteiger partial charge is 0.226 e. The summed E-state index contributed by atoms with van der Waals surface area (Å²) < 4.78 is 5.69. The molecule has 1 aromatic carbocycles. The van der Waals surface area contributed by atoms with Crippen LogP contribution in [0, 0.1) is 6.92 Å². The van der Waals surface area contributed by atoms with Crippen LogP contribution >= 0.6 is 0 Å². The molecule has 0 spiro atoms. The molecule has 0 saturated carbocycles. The van der Waals surface area contributed by atoms with Crippen molar-refractivity contribution in [2.24, 2.45) is 0 Å². The number of carbonyl (C=O) groups excluding carboxylic acids is 1. The van der Waals surface area contributed by atoms with Crippen LogP contribution in [0.15, 0.2) is 41.1 Å². The fraction of sp³-hybridized carbons (Fsp3) is 0.294. The summed E-state index contributed by atoms with van der Waals surface area (Å²) in [6, 6.07) is 9.43. The topological polar surface area (TPSA) is 96.7 Å². The number of hydrogen-bond acceptors (Lipinski definition) is 5. The number of rotatable bonds is 6. The summed E-state index contributed by atoms with van der Waals surface area (Å²) >= 11 is 0. The summed E-state index contributed by atoms with van der Waals surface area (Å²) in [5.74, 6) is 1.69. The van der Waals surface area contributed by atoms with Crippen LogP contribution in [0.2, 0.25) is 0 Å². The molecule has 0 aliphatic carbocycles. The van der Waals surface area contributed by atoms with E-state index in [1.807, 2.05) is 44.2 Å². The summed E-state index contributed by atoms with van der Waals surface area (Å²) in [6.07, 6.45) is 2.30. The van der Waals surface area contributed by atoms with Crippen LogP contribution in [0.5, 0.6) is 0 Å². The third-order valence-electron chi connectivity index (χ3n) is 3.75. The molecule has 2 N–H and O–H groups in total. The second-order valence-corrected chi connectivity index (χ2v) is 5.46. The standard InChI is InChI=1S/C17H19N5O2/c1-3-13(16-18-10-19-22-16)20-15(23)9-14-11(2)24-17(21-14)12-7-5-4-6-8-12/h4-8,10,13H,3,9H2,1-2H3,(H,20,23)(H,18,19,22). The Morgan fingerprint density at radius 2 is 2.12 bits per heavy atom. The van der Waals surface area contributed by atoms with E-state index >= 15 is 0 Å². The number of nitrogens with zero attached hydrogens (tertiary/aromatic N) is 3. The van der Waals surface area contributed by atoms with Gasteiger partial charge in [-0.05, 0) is 25.5 Å². The van der Waals surface area contributed by atoms with Gasteiger partial charge < -0.3 is 9.73 Å². The Balaban J connectivity index is 1.69. The maximum atomic E-state index is 12.3. The highest BCUT2D eigenvalue weighted by Crippen LogP contribution is 2.22. The summed E-state index contributed by atoms with van der Waals surface area (Å²) in [6.45, 7) is 3.79. The van der Waals surface area contributed by atoms with E-state index in [0.29, 0.717) is 29.6 Å². The maximum Gasteiger partial charge on any atom is 0.226 e. The summed E-state index contributed by atoms with van der Waals surface area (Å²) in [4.78, 5) is 20.9. The molecular formula is C17H19N5O2. The minimum Gasteiger partial charge on any atom is -0.441 e. The van der Waals surface area contributed by atoms with Crippen LogP contribution in [-0.2, 0) is 11.2 Å². The Morgan fingerprint density at radius 3 is 2.79 bits per heavy atom. The molecule has 0 fully saturated rings. The lowest BCUT2D eigenvalue weighted by Crippen LogP contribution is -2.30. The van der Waals surface area contributed by atoms with Gasteiger partial charge in [-0.25, -0.2) is 9.97 Å². The van der Waals surface area contributed by atoms with Gasteiger partial charge in [0.05, 0.1) is 18.2 Å². The van der Waals surface area contributed by atoms with E-state index in [9.17, 15) is 4.79 Å². The highest BCUT2D eigenvalue weighted by atomic mass is 16.4. The number of oxazole rings is 1. The van der Waals surface area contributed by atoms with Crippen LogP contribution in [0.3, 0.4) is 0 Å². The highest BCUT2D eigenvalue weighted by Gasteiger charge is 2.18. The molecule has 1 atom stereocenters. The minimum absolute atomic E-state index is 0.130. The van der Waals surface area contributed by atoms with Gasteiger partial charge in [-0.1, -0.05) is 25.1 Å². The van der Waals surface area contributed by atoms with Crippen molar-refractivity contribution >= 4 is 5.91 Å². The molecule has 1 amide bonds. The summed E-state index contributed by atoms with van der Waals surface area (Å²) in [7, 11) is 0. The van der Waals surface area contributed by atoms with Gasteiger partial charge in [0.25, 0.3) is 0 Å². The van der Waals surface area contributed by atoms with Crippen LogP contribution in [0.25, 0.3) is 11.5 Å². The Kier molecular flexibility index (Phi) is 4.69. The molecule has 7 nitrogen and oxygen atoms in total. The molecule has 3 rings (SSSR count). The number of carbonyl (C=O) groups is 1. The summed E-state index contributed by atoms with van der Waals surface area (Å²) in [5, 5.41) is 9.54. The molecule has 7 heteroatoms. The van der Waals surface area contributed by atoms with Gasteiger partial charge in [0.15, 0.2) is 0 Å². The number of hydrogen-bond donors (Lipinski definition) is 2. The van der Waals surface area contributed by atoms with Crippen molar-refractivity contribution in [2.45, 2.75) is 32.7 Å². The number of aromatic amines is 1. The van der Waals surface area contributed by atoms with E-state index in [0.717, 1.165) is 5.56 Å². The number of amides is 1. The van der Waals surface area contributed by atoms with Crippen molar-refractivity contribution in [2.75, 3.05) is 0 Å². The van der Waals surface area contributed by atoms with Crippen LogP contribution in [0.1, 0.15) is 36.7 Å². The average molecular weight is 325 g/mol. The zero-order valence-corrected chi connectivity index (χ0v) is 13.6. The lowest BCUT2D eigenvalue weighted by atomic mass is 10.2. The normalized spacial score (nSPS) is 12.1. The Morgan fingerprint density at radius 1 is 1.33 bits per heavy atom. The molecule has 0 saturated heterocycles. The monoisotopic (exact) mass is 325 g/mol. The van der Waals surface area contributed by atoms with Gasteiger partial charge >= 0.3 is 0 Å². The number of H-pyrrole nitrogens is 1. The van der Waals surface area contributed by atoms with Crippen LogP contribution in [-0.4, -0.2) is 26.1 Å². The van der Waals surface area contributed by atoms with E-state index in [-0.39, 0.29) is 18.4 Å². The second-order valence-electron chi connectivity index (χ2n) is 5.46. The van der Waals surface area contributed by atoms with E-state index in [4.69, 9.17) is 4.42 Å². The van der Waals surface area contributed by atoms with Crippen molar-refractivity contribution in [3.05, 3.63) is 53.9 Å². The van der Waals surface area contributed by atoms with Gasteiger partial charge in [0.2, 0.25) is 11.8 Å². The largest absolute Gasteiger partial charge is 0.441 e. The van der Waals surface area contributed by atoms with Gasteiger partial charge in [0.1, 0.15) is 17.9 Å².